The van der Waals surface area contributed by atoms with Crippen molar-refractivity contribution in [2.45, 2.75) is 26.9 Å². The third-order valence-electron chi connectivity index (χ3n) is 4.52. The molecule has 2 aromatic heterocycles. The molecule has 3 aromatic rings. The van der Waals surface area contributed by atoms with Crippen LogP contribution in [0, 0.1) is 13.8 Å². The zero-order valence-electron chi connectivity index (χ0n) is 15.4. The van der Waals surface area contributed by atoms with Crippen molar-refractivity contribution in [3.8, 4) is 5.69 Å². The maximum absolute atomic E-state index is 12.9. The van der Waals surface area contributed by atoms with E-state index in [-0.39, 0.29) is 5.78 Å². The first-order valence-corrected chi connectivity index (χ1v) is 8.51. The van der Waals surface area contributed by atoms with Crippen LogP contribution >= 0.6 is 0 Å². The van der Waals surface area contributed by atoms with Crippen LogP contribution < -0.4 is 0 Å². The number of hydrogen-bond acceptors (Lipinski definition) is 3. The molecule has 0 aliphatic carbocycles. The molecule has 2 heterocycles. The molecular weight excluding hydrogens is 328 g/mol. The number of carbonyl (C=O) groups is 2. The molecule has 1 atom stereocenters. The van der Waals surface area contributed by atoms with E-state index < -0.39 is 12.1 Å². The summed E-state index contributed by atoms with van der Waals surface area (Å²) >= 11 is 0. The van der Waals surface area contributed by atoms with Crippen LogP contribution in [0.3, 0.4) is 0 Å². The molecule has 0 aliphatic heterocycles. The lowest BCUT2D eigenvalue weighted by Crippen LogP contribution is -2.25. The quantitative estimate of drug-likeness (QED) is 0.519. The fourth-order valence-corrected chi connectivity index (χ4v) is 3.15. The summed E-state index contributed by atoms with van der Waals surface area (Å²) in [5.41, 5.74) is 3.77. The molecule has 134 valence electrons. The summed E-state index contributed by atoms with van der Waals surface area (Å²) in [5.74, 6) is -0.710. The molecule has 0 fully saturated rings. The molecule has 1 aromatic carbocycles. The molecule has 0 spiro atoms. The van der Waals surface area contributed by atoms with Crippen LogP contribution in [0.15, 0.2) is 54.7 Å². The predicted molar refractivity (Wildman–Crippen MR) is 99.9 cm³/mol. The molecule has 0 saturated heterocycles. The number of Topliss-reactive ketones (excluding diaryl/α,β-unsaturated/α-hetero) is 1. The number of benzene rings is 1. The topological polar surface area (TPSA) is 53.2 Å². The summed E-state index contributed by atoms with van der Waals surface area (Å²) in [6, 6.07) is 15.1. The van der Waals surface area contributed by atoms with Gasteiger partial charge in [-0.2, -0.15) is 0 Å². The lowest BCUT2D eigenvalue weighted by atomic mass is 10.1. The minimum Gasteiger partial charge on any atom is -0.450 e. The van der Waals surface area contributed by atoms with Crippen molar-refractivity contribution < 1.29 is 14.3 Å². The van der Waals surface area contributed by atoms with E-state index in [2.05, 4.69) is 0 Å². The summed E-state index contributed by atoms with van der Waals surface area (Å²) in [6.07, 6.45) is 0.901. The van der Waals surface area contributed by atoms with Gasteiger partial charge in [-0.05, 0) is 51.1 Å². The highest BCUT2D eigenvalue weighted by Gasteiger charge is 2.25. The lowest BCUT2D eigenvalue weighted by Gasteiger charge is -2.13. The van der Waals surface area contributed by atoms with Gasteiger partial charge in [0.25, 0.3) is 0 Å². The smallest absolute Gasteiger partial charge is 0.355 e. The van der Waals surface area contributed by atoms with Crippen molar-refractivity contribution in [3.05, 3.63) is 77.4 Å². The molecule has 0 bridgehead atoms. The van der Waals surface area contributed by atoms with Crippen LogP contribution in [-0.2, 0) is 11.8 Å². The molecule has 0 aliphatic rings. The highest BCUT2D eigenvalue weighted by molar-refractivity contribution is 6.02. The summed E-state index contributed by atoms with van der Waals surface area (Å²) < 4.78 is 9.08. The molecule has 0 radical (unpaired) electrons. The third kappa shape index (κ3) is 3.20. The van der Waals surface area contributed by atoms with Crippen LogP contribution in [0.2, 0.25) is 0 Å². The van der Waals surface area contributed by atoms with Crippen LogP contribution in [-0.4, -0.2) is 27.0 Å². The van der Waals surface area contributed by atoms with Gasteiger partial charge in [0.05, 0.1) is 0 Å². The largest absolute Gasteiger partial charge is 0.450 e. The highest BCUT2D eigenvalue weighted by atomic mass is 16.5. The van der Waals surface area contributed by atoms with Crippen molar-refractivity contribution >= 4 is 11.8 Å². The number of rotatable bonds is 5. The van der Waals surface area contributed by atoms with Crippen molar-refractivity contribution in [2.24, 2.45) is 7.05 Å². The second-order valence-corrected chi connectivity index (χ2v) is 6.37. The van der Waals surface area contributed by atoms with Crippen LogP contribution in [0.4, 0.5) is 0 Å². The van der Waals surface area contributed by atoms with Crippen LogP contribution in [0.5, 0.6) is 0 Å². The SMILES string of the molecule is Cc1cc(C(=O)[C@H](C)OC(=O)c2cccn2C)c(C)n1-c1ccccc1. The molecule has 0 saturated carbocycles. The number of aryl methyl sites for hydroxylation is 2. The molecule has 5 nitrogen and oxygen atoms in total. The van der Waals surface area contributed by atoms with Crippen molar-refractivity contribution in [1.29, 1.82) is 0 Å². The lowest BCUT2D eigenvalue weighted by molar-refractivity contribution is 0.0309. The average Bonchev–Trinajstić information content (AvgIpc) is 3.18. The molecular formula is C21H22N2O3. The monoisotopic (exact) mass is 350 g/mol. The van der Waals surface area contributed by atoms with E-state index in [9.17, 15) is 9.59 Å². The van der Waals surface area contributed by atoms with Gasteiger partial charge >= 0.3 is 5.97 Å². The van der Waals surface area contributed by atoms with Crippen LogP contribution in [0.1, 0.15) is 39.2 Å². The Kier molecular flexibility index (Phi) is 4.80. The van der Waals surface area contributed by atoms with Crippen molar-refractivity contribution in [3.63, 3.8) is 0 Å². The molecule has 0 N–H and O–H groups in total. The second-order valence-electron chi connectivity index (χ2n) is 6.37. The van der Waals surface area contributed by atoms with Gasteiger partial charge in [0.15, 0.2) is 6.10 Å². The van der Waals surface area contributed by atoms with E-state index in [0.717, 1.165) is 17.1 Å². The summed E-state index contributed by atoms with van der Waals surface area (Å²) in [6.45, 7) is 5.47. The Morgan fingerprint density at radius 3 is 2.35 bits per heavy atom. The highest BCUT2D eigenvalue weighted by Crippen LogP contribution is 2.22. The zero-order chi connectivity index (χ0) is 18.8. The minimum absolute atomic E-state index is 0.206. The zero-order valence-corrected chi connectivity index (χ0v) is 15.4. The third-order valence-corrected chi connectivity index (χ3v) is 4.52. The van der Waals surface area contributed by atoms with Gasteiger partial charge in [-0.15, -0.1) is 0 Å². The number of aromatic nitrogens is 2. The van der Waals surface area contributed by atoms with E-state index in [1.54, 1.807) is 36.9 Å². The molecule has 26 heavy (non-hydrogen) atoms. The van der Waals surface area contributed by atoms with Crippen molar-refractivity contribution in [2.75, 3.05) is 0 Å². The van der Waals surface area contributed by atoms with E-state index in [4.69, 9.17) is 4.74 Å². The Bertz CT molecular complexity index is 951. The molecule has 0 amide bonds. The molecule has 3 rings (SSSR count). The van der Waals surface area contributed by atoms with E-state index in [1.807, 2.05) is 54.8 Å². The standard InChI is InChI=1S/C21H22N2O3/c1-14-13-18(15(2)23(14)17-9-6-5-7-10-17)20(24)16(3)26-21(25)19-11-8-12-22(19)4/h5-13,16H,1-4H3/t16-/m0/s1. The first-order valence-electron chi connectivity index (χ1n) is 8.51. The summed E-state index contributed by atoms with van der Waals surface area (Å²) in [5, 5.41) is 0. The van der Waals surface area contributed by atoms with Gasteiger partial charge in [-0.25, -0.2) is 4.79 Å². The summed E-state index contributed by atoms with van der Waals surface area (Å²) in [7, 11) is 1.76. The normalized spacial score (nSPS) is 12.0. The average molecular weight is 350 g/mol. The number of carbonyl (C=O) groups excluding carboxylic acids is 2. The predicted octanol–water partition coefficient (Wildman–Crippen LogP) is 3.86. The van der Waals surface area contributed by atoms with Gasteiger partial charge in [-0.3, -0.25) is 4.79 Å². The minimum atomic E-state index is -0.859. The van der Waals surface area contributed by atoms with Gasteiger partial charge in [0.1, 0.15) is 5.69 Å². The first kappa shape index (κ1) is 17.7. The number of esters is 1. The van der Waals surface area contributed by atoms with Gasteiger partial charge < -0.3 is 13.9 Å². The Labute approximate surface area is 152 Å². The molecule has 5 heteroatoms. The van der Waals surface area contributed by atoms with Gasteiger partial charge in [0, 0.05) is 35.9 Å². The van der Waals surface area contributed by atoms with E-state index in [1.165, 1.54) is 0 Å². The Balaban J connectivity index is 1.84. The van der Waals surface area contributed by atoms with Gasteiger partial charge in [0.2, 0.25) is 5.78 Å². The number of hydrogen-bond donors (Lipinski definition) is 0. The number of para-hydroxylation sites is 1. The van der Waals surface area contributed by atoms with Gasteiger partial charge in [-0.1, -0.05) is 18.2 Å². The van der Waals surface area contributed by atoms with E-state index in [0.29, 0.717) is 11.3 Å². The second kappa shape index (κ2) is 7.04. The molecule has 0 unspecified atom stereocenters. The van der Waals surface area contributed by atoms with Crippen molar-refractivity contribution in [1.82, 2.24) is 9.13 Å². The van der Waals surface area contributed by atoms with Crippen LogP contribution in [0.25, 0.3) is 5.69 Å². The Morgan fingerprint density at radius 2 is 1.73 bits per heavy atom. The number of nitrogens with zero attached hydrogens (tertiary/aromatic N) is 2. The maximum Gasteiger partial charge on any atom is 0.355 e. The maximum atomic E-state index is 12.9. The van der Waals surface area contributed by atoms with E-state index >= 15 is 0 Å². The summed E-state index contributed by atoms with van der Waals surface area (Å²) in [4.78, 5) is 25.1. The first-order chi connectivity index (χ1) is 12.4. The number of ether oxygens (including phenoxy) is 1. The fourth-order valence-electron chi connectivity index (χ4n) is 3.15. The fraction of sp³-hybridized carbons (Fsp3) is 0.238. The Hall–Kier alpha value is -3.08. The Morgan fingerprint density at radius 1 is 1.04 bits per heavy atom. The number of ketones is 1.